The Kier molecular flexibility index (Phi) is 5.10. The van der Waals surface area contributed by atoms with Gasteiger partial charge < -0.3 is 20.4 Å². The van der Waals surface area contributed by atoms with E-state index in [2.05, 4.69) is 5.32 Å². The maximum absolute atomic E-state index is 11.0. The molecular weight excluding hydrogens is 236 g/mol. The minimum absolute atomic E-state index is 0.283. The highest BCUT2D eigenvalue weighted by atomic mass is 16.4. The second-order valence-electron chi connectivity index (χ2n) is 5.24. The van der Waals surface area contributed by atoms with Gasteiger partial charge in [-0.3, -0.25) is 4.79 Å². The van der Waals surface area contributed by atoms with Crippen molar-refractivity contribution >= 4 is 11.9 Å². The Morgan fingerprint density at radius 3 is 2.61 bits per heavy atom. The number of rotatable bonds is 4. The van der Waals surface area contributed by atoms with Crippen LogP contribution in [0.4, 0.5) is 0 Å². The molecule has 2 atom stereocenters. The van der Waals surface area contributed by atoms with E-state index in [1.54, 1.807) is 6.92 Å². The Hall–Kier alpha value is -1.14. The van der Waals surface area contributed by atoms with Crippen LogP contribution in [0.1, 0.15) is 33.1 Å². The molecule has 1 amide bonds. The SMILES string of the molecule is CC(=O)NC(CN1CCCC(C)(O)CC1)C(=O)O. The number of carboxylic acid groups (broad SMARTS) is 1. The number of amides is 1. The van der Waals surface area contributed by atoms with E-state index in [0.29, 0.717) is 13.0 Å². The van der Waals surface area contributed by atoms with Crippen LogP contribution in [0.15, 0.2) is 0 Å². The Bertz CT molecular complexity index is 317. The van der Waals surface area contributed by atoms with Crippen molar-refractivity contribution in [1.82, 2.24) is 10.2 Å². The van der Waals surface area contributed by atoms with E-state index in [4.69, 9.17) is 5.11 Å². The van der Waals surface area contributed by atoms with Crippen molar-refractivity contribution in [2.75, 3.05) is 19.6 Å². The zero-order valence-corrected chi connectivity index (χ0v) is 11.0. The number of hydrogen-bond acceptors (Lipinski definition) is 4. The van der Waals surface area contributed by atoms with Crippen molar-refractivity contribution in [3.63, 3.8) is 0 Å². The van der Waals surface area contributed by atoms with Gasteiger partial charge in [0.1, 0.15) is 6.04 Å². The summed E-state index contributed by atoms with van der Waals surface area (Å²) in [5.41, 5.74) is -0.665. The summed E-state index contributed by atoms with van der Waals surface area (Å²) in [7, 11) is 0. The molecule has 0 spiro atoms. The number of carbonyl (C=O) groups excluding carboxylic acids is 1. The van der Waals surface area contributed by atoms with Gasteiger partial charge in [0, 0.05) is 20.0 Å². The summed E-state index contributed by atoms with van der Waals surface area (Å²) in [4.78, 5) is 24.0. The first-order valence-electron chi connectivity index (χ1n) is 6.25. The average molecular weight is 258 g/mol. The van der Waals surface area contributed by atoms with E-state index < -0.39 is 17.6 Å². The van der Waals surface area contributed by atoms with Crippen LogP contribution in [-0.4, -0.2) is 58.3 Å². The van der Waals surface area contributed by atoms with E-state index in [-0.39, 0.29) is 12.5 Å². The molecule has 18 heavy (non-hydrogen) atoms. The lowest BCUT2D eigenvalue weighted by Gasteiger charge is -2.25. The minimum Gasteiger partial charge on any atom is -0.480 e. The minimum atomic E-state index is -1.03. The van der Waals surface area contributed by atoms with E-state index in [9.17, 15) is 14.7 Å². The molecule has 104 valence electrons. The molecule has 3 N–H and O–H groups in total. The number of carboxylic acids is 1. The van der Waals surface area contributed by atoms with Crippen molar-refractivity contribution in [1.29, 1.82) is 0 Å². The molecule has 0 aromatic heterocycles. The molecule has 0 aromatic carbocycles. The lowest BCUT2D eigenvalue weighted by Crippen LogP contribution is -2.48. The number of likely N-dealkylation sites (tertiary alicyclic amines) is 1. The monoisotopic (exact) mass is 258 g/mol. The quantitative estimate of drug-likeness (QED) is 0.650. The maximum Gasteiger partial charge on any atom is 0.327 e. The van der Waals surface area contributed by atoms with Crippen molar-refractivity contribution in [3.05, 3.63) is 0 Å². The van der Waals surface area contributed by atoms with Crippen LogP contribution >= 0.6 is 0 Å². The van der Waals surface area contributed by atoms with E-state index >= 15 is 0 Å². The van der Waals surface area contributed by atoms with Gasteiger partial charge >= 0.3 is 5.97 Å². The maximum atomic E-state index is 11.0. The molecule has 1 saturated heterocycles. The Morgan fingerprint density at radius 1 is 1.39 bits per heavy atom. The second-order valence-corrected chi connectivity index (χ2v) is 5.24. The van der Waals surface area contributed by atoms with Gasteiger partial charge in [-0.05, 0) is 32.7 Å². The third-order valence-electron chi connectivity index (χ3n) is 3.27. The van der Waals surface area contributed by atoms with Crippen LogP contribution in [0.2, 0.25) is 0 Å². The third-order valence-corrected chi connectivity index (χ3v) is 3.27. The van der Waals surface area contributed by atoms with E-state index in [1.807, 2.05) is 4.90 Å². The summed E-state index contributed by atoms with van der Waals surface area (Å²) in [6.07, 6.45) is 2.18. The Morgan fingerprint density at radius 2 is 2.06 bits per heavy atom. The van der Waals surface area contributed by atoms with E-state index in [1.165, 1.54) is 6.92 Å². The molecule has 0 aromatic rings. The van der Waals surface area contributed by atoms with Gasteiger partial charge in [0.05, 0.1) is 5.60 Å². The van der Waals surface area contributed by atoms with Gasteiger partial charge in [-0.1, -0.05) is 0 Å². The summed E-state index contributed by atoms with van der Waals surface area (Å²) in [5.74, 6) is -1.37. The number of hydrogen-bond donors (Lipinski definition) is 3. The predicted molar refractivity (Wildman–Crippen MR) is 66.2 cm³/mol. The van der Waals surface area contributed by atoms with Gasteiger partial charge in [-0.15, -0.1) is 0 Å². The highest BCUT2D eigenvalue weighted by Gasteiger charge is 2.28. The topological polar surface area (TPSA) is 89.9 Å². The van der Waals surface area contributed by atoms with E-state index in [0.717, 1.165) is 19.4 Å². The normalized spacial score (nSPS) is 27.3. The molecule has 1 aliphatic rings. The summed E-state index contributed by atoms with van der Waals surface area (Å²) in [5, 5.41) is 21.4. The van der Waals surface area contributed by atoms with Gasteiger partial charge in [-0.2, -0.15) is 0 Å². The lowest BCUT2D eigenvalue weighted by atomic mass is 9.98. The smallest absolute Gasteiger partial charge is 0.327 e. The van der Waals surface area contributed by atoms with Gasteiger partial charge in [0.25, 0.3) is 0 Å². The van der Waals surface area contributed by atoms with Crippen molar-refractivity contribution in [2.24, 2.45) is 0 Å². The van der Waals surface area contributed by atoms with Crippen LogP contribution in [-0.2, 0) is 9.59 Å². The fourth-order valence-corrected chi connectivity index (χ4v) is 2.19. The molecule has 1 aliphatic heterocycles. The zero-order chi connectivity index (χ0) is 13.8. The predicted octanol–water partition coefficient (Wildman–Crippen LogP) is -0.187. The van der Waals surface area contributed by atoms with Crippen LogP contribution < -0.4 is 5.32 Å². The van der Waals surface area contributed by atoms with Crippen molar-refractivity contribution < 1.29 is 19.8 Å². The lowest BCUT2D eigenvalue weighted by molar-refractivity contribution is -0.142. The molecule has 6 heteroatoms. The fraction of sp³-hybridized carbons (Fsp3) is 0.833. The number of nitrogens with one attached hydrogen (secondary N) is 1. The molecule has 6 nitrogen and oxygen atoms in total. The van der Waals surface area contributed by atoms with Crippen LogP contribution in [0.25, 0.3) is 0 Å². The van der Waals surface area contributed by atoms with Gasteiger partial charge in [0.15, 0.2) is 0 Å². The molecule has 1 fully saturated rings. The summed E-state index contributed by atoms with van der Waals surface area (Å²) >= 11 is 0. The number of carbonyl (C=O) groups is 2. The Labute approximate surface area is 107 Å². The largest absolute Gasteiger partial charge is 0.480 e. The summed E-state index contributed by atoms with van der Waals surface area (Å²) in [6, 6.07) is -0.884. The van der Waals surface area contributed by atoms with Crippen LogP contribution in [0.3, 0.4) is 0 Å². The highest BCUT2D eigenvalue weighted by Crippen LogP contribution is 2.21. The standard InChI is InChI=1S/C12H22N2O4/c1-9(15)13-10(11(16)17)8-14-6-3-4-12(2,18)5-7-14/h10,18H,3-8H2,1-2H3,(H,13,15)(H,16,17). The molecule has 1 heterocycles. The third kappa shape index (κ3) is 5.01. The molecule has 0 radical (unpaired) electrons. The molecule has 0 saturated carbocycles. The zero-order valence-electron chi connectivity index (χ0n) is 11.0. The van der Waals surface area contributed by atoms with Crippen molar-refractivity contribution in [3.8, 4) is 0 Å². The van der Waals surface area contributed by atoms with Gasteiger partial charge in [0.2, 0.25) is 5.91 Å². The number of nitrogens with zero attached hydrogens (tertiary/aromatic N) is 1. The van der Waals surface area contributed by atoms with Crippen LogP contribution in [0, 0.1) is 0 Å². The molecule has 2 unspecified atom stereocenters. The van der Waals surface area contributed by atoms with Gasteiger partial charge in [-0.25, -0.2) is 4.79 Å². The molecule has 0 bridgehead atoms. The van der Waals surface area contributed by atoms with Crippen LogP contribution in [0.5, 0.6) is 0 Å². The molecule has 1 rings (SSSR count). The average Bonchev–Trinajstić information content (AvgIpc) is 2.38. The number of aliphatic carboxylic acids is 1. The summed E-state index contributed by atoms with van der Waals surface area (Å²) < 4.78 is 0. The first kappa shape index (κ1) is 14.9. The molecular formula is C12H22N2O4. The van der Waals surface area contributed by atoms with Crippen molar-refractivity contribution in [2.45, 2.75) is 44.8 Å². The fourth-order valence-electron chi connectivity index (χ4n) is 2.19. The highest BCUT2D eigenvalue weighted by molar-refractivity contribution is 5.82. The number of aliphatic hydroxyl groups is 1. The molecule has 0 aliphatic carbocycles. The second kappa shape index (κ2) is 6.15. The first-order chi connectivity index (χ1) is 8.30. The first-order valence-corrected chi connectivity index (χ1v) is 6.25. The Balaban J connectivity index is 2.53. The summed E-state index contributed by atoms with van der Waals surface area (Å²) in [6.45, 7) is 4.79.